The molecule has 0 aliphatic rings. The maximum Gasteiger partial charge on any atom is 0.417 e. The van der Waals surface area contributed by atoms with E-state index in [1.165, 1.54) is 0 Å². The van der Waals surface area contributed by atoms with Gasteiger partial charge in [0.2, 0.25) is 0 Å². The third kappa shape index (κ3) is 6.29. The Hall–Kier alpha value is -1.22. The zero-order valence-electron chi connectivity index (χ0n) is 9.61. The molecule has 0 saturated carbocycles. The first kappa shape index (κ1) is 18.8. The van der Waals surface area contributed by atoms with Gasteiger partial charge in [-0.3, -0.25) is 0 Å². The van der Waals surface area contributed by atoms with Crippen molar-refractivity contribution in [3.8, 4) is 0 Å². The summed E-state index contributed by atoms with van der Waals surface area (Å²) in [6.07, 6.45) is -20.5. The number of rotatable bonds is 5. The highest BCUT2D eigenvalue weighted by molar-refractivity contribution is 5.11. The molecule has 0 aromatic heterocycles. The summed E-state index contributed by atoms with van der Waals surface area (Å²) in [5, 5.41) is 0. The highest BCUT2D eigenvalue weighted by Gasteiger charge is 2.38. The molecule has 0 saturated heterocycles. The first-order valence-corrected chi connectivity index (χ1v) is 5.10. The van der Waals surface area contributed by atoms with Crippen LogP contribution < -0.4 is 0 Å². The molecule has 0 aromatic carbocycles. The van der Waals surface area contributed by atoms with E-state index in [1.54, 1.807) is 0 Å². The molecule has 0 N–H and O–H groups in total. The van der Waals surface area contributed by atoms with Crippen LogP contribution in [0.25, 0.3) is 0 Å². The Balaban J connectivity index is 4.55. The second-order valence-electron chi connectivity index (χ2n) is 3.68. The van der Waals surface area contributed by atoms with Crippen LogP contribution >= 0.6 is 0 Å². The van der Waals surface area contributed by atoms with Crippen LogP contribution in [0.3, 0.4) is 0 Å². The number of halogens is 10. The fourth-order valence-electron chi connectivity index (χ4n) is 1.29. The SMILES string of the molecule is FC(F)=C(CCCCC(=C(F)F)C(F)(F)F)C(F)(F)F. The Bertz CT molecular complexity index is 338. The second kappa shape index (κ2) is 6.98. The van der Waals surface area contributed by atoms with Gasteiger partial charge in [-0.15, -0.1) is 0 Å². The van der Waals surface area contributed by atoms with Crippen molar-refractivity contribution in [2.45, 2.75) is 38.0 Å². The maximum atomic E-state index is 12.0. The summed E-state index contributed by atoms with van der Waals surface area (Å²) in [7, 11) is 0. The van der Waals surface area contributed by atoms with Crippen molar-refractivity contribution >= 4 is 0 Å². The van der Waals surface area contributed by atoms with Gasteiger partial charge in [0, 0.05) is 0 Å². The minimum Gasteiger partial charge on any atom is -0.173 e. The molecule has 0 heterocycles. The molecule has 0 radical (unpaired) electrons. The summed E-state index contributed by atoms with van der Waals surface area (Å²) in [6, 6.07) is 0. The predicted octanol–water partition coefficient (Wildman–Crippen LogP) is 5.97. The highest BCUT2D eigenvalue weighted by atomic mass is 19.4. The van der Waals surface area contributed by atoms with Crippen molar-refractivity contribution in [2.75, 3.05) is 0 Å². The van der Waals surface area contributed by atoms with E-state index in [2.05, 4.69) is 0 Å². The van der Waals surface area contributed by atoms with Crippen LogP contribution in [0.4, 0.5) is 43.9 Å². The Morgan fingerprint density at radius 1 is 0.550 bits per heavy atom. The molecule has 0 bridgehead atoms. The molecule has 0 rings (SSSR count). The van der Waals surface area contributed by atoms with E-state index < -0.39 is 61.3 Å². The lowest BCUT2D eigenvalue weighted by Crippen LogP contribution is -2.14. The molecular formula is C10H8F10. The summed E-state index contributed by atoms with van der Waals surface area (Å²) in [5.41, 5.74) is -4.31. The third-order valence-electron chi connectivity index (χ3n) is 2.24. The summed E-state index contributed by atoms with van der Waals surface area (Å²) in [6.45, 7) is 0. The zero-order valence-corrected chi connectivity index (χ0v) is 9.61. The summed E-state index contributed by atoms with van der Waals surface area (Å²) >= 11 is 0. The average Bonchev–Trinajstić information content (AvgIpc) is 2.17. The number of alkyl halides is 6. The van der Waals surface area contributed by atoms with Gasteiger partial charge < -0.3 is 0 Å². The first-order valence-electron chi connectivity index (χ1n) is 5.10. The van der Waals surface area contributed by atoms with Crippen molar-refractivity contribution in [2.24, 2.45) is 0 Å². The van der Waals surface area contributed by atoms with Gasteiger partial charge >= 0.3 is 12.4 Å². The fraction of sp³-hybridized carbons (Fsp3) is 0.600. The Morgan fingerprint density at radius 3 is 0.950 bits per heavy atom. The van der Waals surface area contributed by atoms with Gasteiger partial charge in [0.15, 0.2) is 0 Å². The van der Waals surface area contributed by atoms with Crippen LogP contribution in [-0.4, -0.2) is 12.4 Å². The lowest BCUT2D eigenvalue weighted by atomic mass is 10.0. The van der Waals surface area contributed by atoms with E-state index in [0.717, 1.165) is 0 Å². The predicted molar refractivity (Wildman–Crippen MR) is 49.1 cm³/mol. The minimum absolute atomic E-state index is 0.723. The van der Waals surface area contributed by atoms with Crippen LogP contribution in [0.1, 0.15) is 25.7 Å². The van der Waals surface area contributed by atoms with Crippen LogP contribution in [0.5, 0.6) is 0 Å². The molecule has 0 aliphatic heterocycles. The third-order valence-corrected chi connectivity index (χ3v) is 2.24. The van der Waals surface area contributed by atoms with E-state index >= 15 is 0 Å². The summed E-state index contributed by atoms with van der Waals surface area (Å²) in [5.74, 6) is 0. The number of hydrogen-bond acceptors (Lipinski definition) is 0. The van der Waals surface area contributed by atoms with E-state index in [0.29, 0.717) is 0 Å². The largest absolute Gasteiger partial charge is 0.417 e. The fourth-order valence-corrected chi connectivity index (χ4v) is 1.29. The molecule has 0 atom stereocenters. The summed E-state index contributed by atoms with van der Waals surface area (Å²) < 4.78 is 120. The second-order valence-corrected chi connectivity index (χ2v) is 3.68. The van der Waals surface area contributed by atoms with E-state index in [-0.39, 0.29) is 0 Å². The topological polar surface area (TPSA) is 0 Å². The lowest BCUT2D eigenvalue weighted by molar-refractivity contribution is -0.100. The molecule has 0 amide bonds. The highest BCUT2D eigenvalue weighted by Crippen LogP contribution is 2.36. The van der Waals surface area contributed by atoms with E-state index in [9.17, 15) is 43.9 Å². The van der Waals surface area contributed by atoms with E-state index in [1.807, 2.05) is 0 Å². The molecule has 20 heavy (non-hydrogen) atoms. The van der Waals surface area contributed by atoms with Crippen molar-refractivity contribution in [1.29, 1.82) is 0 Å². The van der Waals surface area contributed by atoms with Gasteiger partial charge in [-0.25, -0.2) is 0 Å². The molecule has 0 aromatic rings. The molecule has 0 fully saturated rings. The summed E-state index contributed by atoms with van der Waals surface area (Å²) in [4.78, 5) is 0. The van der Waals surface area contributed by atoms with E-state index in [4.69, 9.17) is 0 Å². The molecule has 10 heteroatoms. The quantitative estimate of drug-likeness (QED) is 0.432. The van der Waals surface area contributed by atoms with Gasteiger partial charge in [0.05, 0.1) is 11.1 Å². The van der Waals surface area contributed by atoms with Crippen LogP contribution in [0.15, 0.2) is 23.3 Å². The first-order chi connectivity index (χ1) is 8.87. The van der Waals surface area contributed by atoms with Crippen LogP contribution in [0, 0.1) is 0 Å². The standard InChI is InChI=1S/C10H8F10/c11-7(12)5(9(15,16)17)3-1-2-4-6(8(13)14)10(18,19)20/h1-4H2. The number of hydrogen-bond donors (Lipinski definition) is 0. The maximum absolute atomic E-state index is 12.0. The monoisotopic (exact) mass is 318 g/mol. The Morgan fingerprint density at radius 2 is 0.800 bits per heavy atom. The minimum atomic E-state index is -5.30. The average molecular weight is 318 g/mol. The molecule has 118 valence electrons. The van der Waals surface area contributed by atoms with Gasteiger partial charge in [0.1, 0.15) is 0 Å². The molecule has 0 spiro atoms. The Labute approximate surface area is 106 Å². The lowest BCUT2D eigenvalue weighted by Gasteiger charge is -2.12. The van der Waals surface area contributed by atoms with Crippen molar-refractivity contribution in [3.63, 3.8) is 0 Å². The zero-order chi connectivity index (χ0) is 16.1. The van der Waals surface area contributed by atoms with Gasteiger partial charge in [0.25, 0.3) is 12.2 Å². The van der Waals surface area contributed by atoms with Crippen LogP contribution in [-0.2, 0) is 0 Å². The molecule has 0 aliphatic carbocycles. The smallest absolute Gasteiger partial charge is 0.173 e. The molecular weight excluding hydrogens is 310 g/mol. The number of unbranched alkanes of at least 4 members (excludes halogenated alkanes) is 1. The van der Waals surface area contributed by atoms with Gasteiger partial charge in [-0.1, -0.05) is 0 Å². The van der Waals surface area contributed by atoms with Gasteiger partial charge in [-0.05, 0) is 25.7 Å². The molecule has 0 nitrogen and oxygen atoms in total. The Kier molecular flexibility index (Phi) is 6.55. The normalized spacial score (nSPS) is 12.3. The van der Waals surface area contributed by atoms with Crippen molar-refractivity contribution < 1.29 is 43.9 Å². The van der Waals surface area contributed by atoms with Crippen molar-refractivity contribution in [1.82, 2.24) is 0 Å². The van der Waals surface area contributed by atoms with Crippen molar-refractivity contribution in [3.05, 3.63) is 23.3 Å². The number of allylic oxidation sites excluding steroid dienone is 2. The molecule has 0 unspecified atom stereocenters. The van der Waals surface area contributed by atoms with Crippen LogP contribution in [0.2, 0.25) is 0 Å². The van der Waals surface area contributed by atoms with Gasteiger partial charge in [-0.2, -0.15) is 43.9 Å².